The van der Waals surface area contributed by atoms with E-state index < -0.39 is 0 Å². The number of hydrogen-bond donors (Lipinski definition) is 0. The standard InChI is InChI=1S/C13H11Cl2N5O/c1-8(14)11-6-20(19-17-11)7-12-16-13(21-18-12)9-2-4-10(15)5-3-9/h2-6,8H,7H2,1H3. The first-order chi connectivity index (χ1) is 10.1. The van der Waals surface area contributed by atoms with Crippen LogP contribution in [0.3, 0.4) is 0 Å². The van der Waals surface area contributed by atoms with Gasteiger partial charge in [0.2, 0.25) is 0 Å². The van der Waals surface area contributed by atoms with Crippen LogP contribution in [0.5, 0.6) is 0 Å². The van der Waals surface area contributed by atoms with E-state index in [0.29, 0.717) is 29.0 Å². The van der Waals surface area contributed by atoms with E-state index in [0.717, 1.165) is 5.56 Å². The highest BCUT2D eigenvalue weighted by molar-refractivity contribution is 6.30. The molecule has 6 nitrogen and oxygen atoms in total. The molecule has 0 saturated carbocycles. The fraction of sp³-hybridized carbons (Fsp3) is 0.231. The first-order valence-electron chi connectivity index (χ1n) is 6.24. The molecule has 0 N–H and O–H groups in total. The molecule has 0 spiro atoms. The fourth-order valence-corrected chi connectivity index (χ4v) is 1.97. The Bertz CT molecular complexity index is 735. The lowest BCUT2D eigenvalue weighted by molar-refractivity contribution is 0.418. The van der Waals surface area contributed by atoms with Gasteiger partial charge in [-0.25, -0.2) is 4.68 Å². The Kier molecular flexibility index (Phi) is 3.90. The van der Waals surface area contributed by atoms with E-state index in [-0.39, 0.29) is 5.38 Å². The molecule has 3 rings (SSSR count). The highest BCUT2D eigenvalue weighted by Crippen LogP contribution is 2.20. The van der Waals surface area contributed by atoms with Gasteiger partial charge in [-0.3, -0.25) is 0 Å². The van der Waals surface area contributed by atoms with Crippen LogP contribution in [0.25, 0.3) is 11.5 Å². The Labute approximate surface area is 130 Å². The minimum Gasteiger partial charge on any atom is -0.334 e. The van der Waals surface area contributed by atoms with Gasteiger partial charge < -0.3 is 4.52 Å². The van der Waals surface area contributed by atoms with E-state index in [1.165, 1.54) is 0 Å². The Balaban J connectivity index is 1.76. The average molecular weight is 324 g/mol. The van der Waals surface area contributed by atoms with Crippen molar-refractivity contribution in [1.29, 1.82) is 0 Å². The minimum absolute atomic E-state index is 0.186. The first kappa shape index (κ1) is 14.0. The summed E-state index contributed by atoms with van der Waals surface area (Å²) in [4.78, 5) is 4.32. The van der Waals surface area contributed by atoms with Crippen LogP contribution >= 0.6 is 23.2 Å². The van der Waals surface area contributed by atoms with Crippen LogP contribution in [0.4, 0.5) is 0 Å². The lowest BCUT2D eigenvalue weighted by Crippen LogP contribution is -2.02. The van der Waals surface area contributed by atoms with Crippen molar-refractivity contribution >= 4 is 23.2 Å². The van der Waals surface area contributed by atoms with Gasteiger partial charge in [-0.05, 0) is 31.2 Å². The minimum atomic E-state index is -0.186. The zero-order chi connectivity index (χ0) is 14.8. The zero-order valence-corrected chi connectivity index (χ0v) is 12.6. The maximum absolute atomic E-state index is 5.94. The Morgan fingerprint density at radius 3 is 2.71 bits per heavy atom. The number of rotatable bonds is 4. The number of alkyl halides is 1. The molecule has 21 heavy (non-hydrogen) atoms. The number of nitrogens with zero attached hydrogens (tertiary/aromatic N) is 5. The van der Waals surface area contributed by atoms with Crippen LogP contribution in [0.1, 0.15) is 23.8 Å². The van der Waals surface area contributed by atoms with E-state index in [1.807, 2.05) is 19.1 Å². The molecule has 8 heteroatoms. The number of benzene rings is 1. The van der Waals surface area contributed by atoms with Crippen LogP contribution in [-0.2, 0) is 6.54 Å². The molecular weight excluding hydrogens is 313 g/mol. The van der Waals surface area contributed by atoms with Crippen LogP contribution in [-0.4, -0.2) is 25.1 Å². The highest BCUT2D eigenvalue weighted by Gasteiger charge is 2.11. The summed E-state index contributed by atoms with van der Waals surface area (Å²) in [7, 11) is 0. The van der Waals surface area contributed by atoms with Crippen molar-refractivity contribution < 1.29 is 4.52 Å². The predicted octanol–water partition coefficient (Wildman–Crippen LogP) is 3.33. The number of aromatic nitrogens is 5. The molecule has 2 aromatic heterocycles. The summed E-state index contributed by atoms with van der Waals surface area (Å²) in [5, 5.41) is 12.3. The van der Waals surface area contributed by atoms with Gasteiger partial charge in [-0.1, -0.05) is 22.0 Å². The summed E-state index contributed by atoms with van der Waals surface area (Å²) < 4.78 is 6.84. The first-order valence-corrected chi connectivity index (χ1v) is 7.06. The monoisotopic (exact) mass is 323 g/mol. The molecule has 108 valence electrons. The molecule has 3 aromatic rings. The van der Waals surface area contributed by atoms with Gasteiger partial charge in [0.25, 0.3) is 5.89 Å². The molecule has 0 amide bonds. The van der Waals surface area contributed by atoms with Gasteiger partial charge in [0, 0.05) is 10.6 Å². The average Bonchev–Trinajstić information content (AvgIpc) is 3.10. The van der Waals surface area contributed by atoms with Gasteiger partial charge in [0.15, 0.2) is 5.82 Å². The molecule has 0 bridgehead atoms. The smallest absolute Gasteiger partial charge is 0.257 e. The quantitative estimate of drug-likeness (QED) is 0.689. The molecule has 1 unspecified atom stereocenters. The summed E-state index contributed by atoms with van der Waals surface area (Å²) in [6, 6.07) is 7.18. The second-order valence-electron chi connectivity index (χ2n) is 4.48. The van der Waals surface area contributed by atoms with Crippen molar-refractivity contribution in [2.45, 2.75) is 18.8 Å². The van der Waals surface area contributed by atoms with E-state index in [9.17, 15) is 0 Å². The molecule has 1 atom stereocenters. The van der Waals surface area contributed by atoms with E-state index in [2.05, 4.69) is 20.5 Å². The summed E-state index contributed by atoms with van der Waals surface area (Å²) in [6.07, 6.45) is 1.76. The van der Waals surface area contributed by atoms with Crippen molar-refractivity contribution in [1.82, 2.24) is 25.1 Å². The fourth-order valence-electron chi connectivity index (χ4n) is 1.75. The lowest BCUT2D eigenvalue weighted by atomic mass is 10.2. The molecule has 0 saturated heterocycles. The summed E-state index contributed by atoms with van der Waals surface area (Å²) >= 11 is 11.8. The Morgan fingerprint density at radius 1 is 1.29 bits per heavy atom. The zero-order valence-electron chi connectivity index (χ0n) is 11.1. The van der Waals surface area contributed by atoms with Crippen molar-refractivity contribution in [2.75, 3.05) is 0 Å². The summed E-state index contributed by atoms with van der Waals surface area (Å²) in [5.41, 5.74) is 1.52. The molecule has 2 heterocycles. The third kappa shape index (κ3) is 3.22. The molecule has 0 radical (unpaired) electrons. The predicted molar refractivity (Wildman–Crippen MR) is 78.1 cm³/mol. The van der Waals surface area contributed by atoms with E-state index in [4.69, 9.17) is 27.7 Å². The van der Waals surface area contributed by atoms with Crippen LogP contribution in [0.2, 0.25) is 5.02 Å². The second-order valence-corrected chi connectivity index (χ2v) is 5.57. The number of halogens is 2. The van der Waals surface area contributed by atoms with Crippen molar-refractivity contribution in [3.8, 4) is 11.5 Å². The van der Waals surface area contributed by atoms with Crippen LogP contribution < -0.4 is 0 Å². The normalized spacial score (nSPS) is 12.5. The van der Waals surface area contributed by atoms with Crippen molar-refractivity contribution in [3.05, 3.63) is 47.0 Å². The second kappa shape index (κ2) is 5.83. The molecule has 1 aromatic carbocycles. The van der Waals surface area contributed by atoms with Gasteiger partial charge in [0.1, 0.15) is 12.2 Å². The van der Waals surface area contributed by atoms with Gasteiger partial charge in [-0.2, -0.15) is 4.98 Å². The molecule has 0 fully saturated rings. The van der Waals surface area contributed by atoms with E-state index in [1.54, 1.807) is 23.0 Å². The number of hydrogen-bond acceptors (Lipinski definition) is 5. The van der Waals surface area contributed by atoms with Gasteiger partial charge in [-0.15, -0.1) is 16.7 Å². The lowest BCUT2D eigenvalue weighted by Gasteiger charge is -1.94. The Hall–Kier alpha value is -1.92. The third-order valence-electron chi connectivity index (χ3n) is 2.83. The maximum Gasteiger partial charge on any atom is 0.257 e. The summed E-state index contributed by atoms with van der Waals surface area (Å²) in [5.74, 6) is 0.950. The Morgan fingerprint density at radius 2 is 2.05 bits per heavy atom. The van der Waals surface area contributed by atoms with Crippen LogP contribution in [0.15, 0.2) is 35.0 Å². The molecular formula is C13H11Cl2N5O. The van der Waals surface area contributed by atoms with Crippen molar-refractivity contribution in [3.63, 3.8) is 0 Å². The van der Waals surface area contributed by atoms with Crippen molar-refractivity contribution in [2.24, 2.45) is 0 Å². The van der Waals surface area contributed by atoms with E-state index >= 15 is 0 Å². The topological polar surface area (TPSA) is 69.6 Å². The highest BCUT2D eigenvalue weighted by atomic mass is 35.5. The maximum atomic E-state index is 5.94. The molecule has 0 aliphatic heterocycles. The van der Waals surface area contributed by atoms with Gasteiger partial charge >= 0.3 is 0 Å². The third-order valence-corrected chi connectivity index (χ3v) is 3.30. The van der Waals surface area contributed by atoms with Crippen LogP contribution in [0, 0.1) is 0 Å². The molecule has 0 aliphatic carbocycles. The summed E-state index contributed by atoms with van der Waals surface area (Å²) in [6.45, 7) is 2.20. The molecule has 0 aliphatic rings. The largest absolute Gasteiger partial charge is 0.334 e. The SMILES string of the molecule is CC(Cl)c1cn(Cc2noc(-c3ccc(Cl)cc3)n2)nn1. The van der Waals surface area contributed by atoms with Gasteiger partial charge in [0.05, 0.1) is 11.6 Å².